The van der Waals surface area contributed by atoms with E-state index in [1.807, 2.05) is 24.3 Å². The van der Waals surface area contributed by atoms with E-state index < -0.39 is 11.6 Å². The molecule has 0 saturated heterocycles. The van der Waals surface area contributed by atoms with Gasteiger partial charge in [-0.2, -0.15) is 0 Å². The van der Waals surface area contributed by atoms with Crippen LogP contribution >= 0.6 is 0 Å². The molecule has 2 rings (SSSR count). The second-order valence-corrected chi connectivity index (χ2v) is 4.86. The van der Waals surface area contributed by atoms with Gasteiger partial charge in [0.2, 0.25) is 0 Å². The van der Waals surface area contributed by atoms with Crippen molar-refractivity contribution in [2.24, 2.45) is 0 Å². The molecule has 0 fully saturated rings. The second kappa shape index (κ2) is 5.90. The van der Waals surface area contributed by atoms with Gasteiger partial charge in [-0.1, -0.05) is 31.2 Å². The number of hydrogen-bond acceptors (Lipinski definition) is 2. The molecule has 20 heavy (non-hydrogen) atoms. The summed E-state index contributed by atoms with van der Waals surface area (Å²) in [6.07, 6.45) is 0.970. The number of rotatable bonds is 4. The summed E-state index contributed by atoms with van der Waals surface area (Å²) in [7, 11) is 1.66. The molecule has 2 aromatic carbocycles. The van der Waals surface area contributed by atoms with Crippen LogP contribution in [0.4, 0.5) is 20.2 Å². The van der Waals surface area contributed by atoms with Gasteiger partial charge in [-0.15, -0.1) is 0 Å². The Hall–Kier alpha value is -2.10. The van der Waals surface area contributed by atoms with Crippen molar-refractivity contribution in [2.75, 3.05) is 17.7 Å². The fourth-order valence-corrected chi connectivity index (χ4v) is 2.18. The number of nitrogens with zero attached hydrogens (tertiary/aromatic N) is 1. The highest BCUT2D eigenvalue weighted by molar-refractivity contribution is 5.55. The highest BCUT2D eigenvalue weighted by Gasteiger charge is 2.14. The van der Waals surface area contributed by atoms with Crippen LogP contribution in [-0.4, -0.2) is 7.05 Å². The number of aryl methyl sites for hydroxylation is 1. The minimum absolute atomic E-state index is 0.0567. The Morgan fingerprint density at radius 1 is 1.00 bits per heavy atom. The average molecular weight is 276 g/mol. The van der Waals surface area contributed by atoms with E-state index in [0.717, 1.165) is 24.1 Å². The van der Waals surface area contributed by atoms with E-state index in [-0.39, 0.29) is 11.4 Å². The Kier molecular flexibility index (Phi) is 4.23. The molecule has 0 aliphatic carbocycles. The van der Waals surface area contributed by atoms with E-state index in [0.29, 0.717) is 6.54 Å². The number of benzene rings is 2. The number of hydrogen-bond donors (Lipinski definition) is 1. The summed E-state index contributed by atoms with van der Waals surface area (Å²) in [6, 6.07) is 10.3. The fourth-order valence-electron chi connectivity index (χ4n) is 2.18. The monoisotopic (exact) mass is 276 g/mol. The van der Waals surface area contributed by atoms with E-state index in [1.165, 1.54) is 5.56 Å². The van der Waals surface area contributed by atoms with Crippen LogP contribution in [0.1, 0.15) is 18.1 Å². The highest BCUT2D eigenvalue weighted by Crippen LogP contribution is 2.26. The van der Waals surface area contributed by atoms with E-state index >= 15 is 0 Å². The van der Waals surface area contributed by atoms with Crippen molar-refractivity contribution in [3.8, 4) is 0 Å². The van der Waals surface area contributed by atoms with Gasteiger partial charge in [0, 0.05) is 19.3 Å². The van der Waals surface area contributed by atoms with Gasteiger partial charge in [0.25, 0.3) is 0 Å². The lowest BCUT2D eigenvalue weighted by molar-refractivity contribution is 0.578. The normalized spacial score (nSPS) is 10.6. The third-order valence-corrected chi connectivity index (χ3v) is 3.27. The highest BCUT2D eigenvalue weighted by atomic mass is 19.1. The van der Waals surface area contributed by atoms with E-state index in [1.54, 1.807) is 11.9 Å². The summed E-state index contributed by atoms with van der Waals surface area (Å²) in [5, 5.41) is 0. The van der Waals surface area contributed by atoms with Crippen molar-refractivity contribution < 1.29 is 8.78 Å². The van der Waals surface area contributed by atoms with Gasteiger partial charge in [0.1, 0.15) is 5.69 Å². The summed E-state index contributed by atoms with van der Waals surface area (Å²) < 4.78 is 27.6. The molecule has 106 valence electrons. The summed E-state index contributed by atoms with van der Waals surface area (Å²) in [5.41, 5.74) is 7.68. The van der Waals surface area contributed by atoms with Crippen molar-refractivity contribution in [3.05, 3.63) is 59.2 Å². The zero-order valence-electron chi connectivity index (χ0n) is 11.7. The van der Waals surface area contributed by atoms with Crippen LogP contribution in [0.2, 0.25) is 0 Å². The van der Waals surface area contributed by atoms with Crippen LogP contribution in [-0.2, 0) is 13.0 Å². The lowest BCUT2D eigenvalue weighted by Crippen LogP contribution is -2.19. The predicted octanol–water partition coefficient (Wildman–Crippen LogP) is 3.75. The molecule has 0 amide bonds. The molecule has 0 aromatic heterocycles. The van der Waals surface area contributed by atoms with Crippen molar-refractivity contribution in [1.82, 2.24) is 0 Å². The summed E-state index contributed by atoms with van der Waals surface area (Å²) in [5.74, 6) is -1.29. The maximum Gasteiger partial charge on any atom is 0.151 e. The van der Waals surface area contributed by atoms with Crippen LogP contribution in [0.5, 0.6) is 0 Å². The zero-order chi connectivity index (χ0) is 14.7. The molecule has 2 aromatic rings. The van der Waals surface area contributed by atoms with E-state index in [2.05, 4.69) is 6.92 Å². The summed E-state index contributed by atoms with van der Waals surface area (Å²) >= 11 is 0. The van der Waals surface area contributed by atoms with Gasteiger partial charge in [0.15, 0.2) is 11.6 Å². The quantitative estimate of drug-likeness (QED) is 0.862. The Balaban J connectivity index is 2.21. The Morgan fingerprint density at radius 3 is 2.00 bits per heavy atom. The van der Waals surface area contributed by atoms with Crippen molar-refractivity contribution in [1.29, 1.82) is 0 Å². The van der Waals surface area contributed by atoms with Gasteiger partial charge in [-0.3, -0.25) is 0 Å². The molecule has 0 unspecified atom stereocenters. The van der Waals surface area contributed by atoms with Crippen LogP contribution < -0.4 is 10.6 Å². The molecule has 0 radical (unpaired) electrons. The first-order valence-corrected chi connectivity index (χ1v) is 6.54. The summed E-state index contributed by atoms with van der Waals surface area (Å²) in [4.78, 5) is 1.55. The maximum atomic E-state index is 13.8. The molecule has 0 atom stereocenters. The third-order valence-electron chi connectivity index (χ3n) is 3.27. The van der Waals surface area contributed by atoms with E-state index in [4.69, 9.17) is 5.73 Å². The smallest absolute Gasteiger partial charge is 0.151 e. The minimum atomic E-state index is -0.643. The van der Waals surface area contributed by atoms with Gasteiger partial charge in [-0.05, 0) is 29.7 Å². The van der Waals surface area contributed by atoms with Crippen LogP contribution in [0, 0.1) is 11.6 Å². The summed E-state index contributed by atoms with van der Waals surface area (Å²) in [6.45, 7) is 2.52. The third kappa shape index (κ3) is 3.07. The minimum Gasteiger partial charge on any atom is -0.399 e. The molecule has 2 nitrogen and oxygen atoms in total. The number of halogens is 2. The number of nitrogens with two attached hydrogens (primary N) is 1. The first-order valence-electron chi connectivity index (χ1n) is 6.54. The average Bonchev–Trinajstić information content (AvgIpc) is 2.38. The fraction of sp³-hybridized carbons (Fsp3) is 0.250. The number of anilines is 2. The predicted molar refractivity (Wildman–Crippen MR) is 78.7 cm³/mol. The molecular weight excluding hydrogens is 258 g/mol. The van der Waals surface area contributed by atoms with Gasteiger partial charge in [0.05, 0.1) is 0 Å². The van der Waals surface area contributed by atoms with Crippen LogP contribution in [0.3, 0.4) is 0 Å². The second-order valence-electron chi connectivity index (χ2n) is 4.86. The molecule has 0 saturated carbocycles. The van der Waals surface area contributed by atoms with Gasteiger partial charge >= 0.3 is 0 Å². The zero-order valence-corrected chi connectivity index (χ0v) is 11.7. The molecule has 2 N–H and O–H groups in total. The standard InChI is InChI=1S/C16H18F2N2/c1-3-11-4-6-12(7-5-11)10-20(2)16-14(17)8-13(19)9-15(16)18/h4-9H,3,10,19H2,1-2H3. The lowest BCUT2D eigenvalue weighted by Gasteiger charge is -2.21. The molecule has 0 spiro atoms. The molecule has 0 aliphatic heterocycles. The first kappa shape index (κ1) is 14.3. The number of nitrogen functional groups attached to an aromatic ring is 1. The molecule has 0 aliphatic rings. The Morgan fingerprint density at radius 2 is 1.50 bits per heavy atom. The SMILES string of the molecule is CCc1ccc(CN(C)c2c(F)cc(N)cc2F)cc1. The largest absolute Gasteiger partial charge is 0.399 e. The van der Waals surface area contributed by atoms with Gasteiger partial charge < -0.3 is 10.6 Å². The van der Waals surface area contributed by atoms with Crippen molar-refractivity contribution in [2.45, 2.75) is 19.9 Å². The van der Waals surface area contributed by atoms with Gasteiger partial charge in [-0.25, -0.2) is 8.78 Å². The van der Waals surface area contributed by atoms with E-state index in [9.17, 15) is 8.78 Å². The first-order chi connectivity index (χ1) is 9.51. The van der Waals surface area contributed by atoms with Crippen molar-refractivity contribution >= 4 is 11.4 Å². The van der Waals surface area contributed by atoms with Crippen molar-refractivity contribution in [3.63, 3.8) is 0 Å². The molecular formula is C16H18F2N2. The lowest BCUT2D eigenvalue weighted by atomic mass is 10.1. The Labute approximate surface area is 117 Å². The van der Waals surface area contributed by atoms with Crippen LogP contribution in [0.25, 0.3) is 0 Å². The molecule has 0 bridgehead atoms. The maximum absolute atomic E-state index is 13.8. The Bertz CT molecular complexity index is 571. The molecule has 0 heterocycles. The topological polar surface area (TPSA) is 29.3 Å². The van der Waals surface area contributed by atoms with Crippen LogP contribution in [0.15, 0.2) is 36.4 Å². The molecule has 4 heteroatoms.